The van der Waals surface area contributed by atoms with E-state index in [1.54, 1.807) is 0 Å². The number of anilines is 4. The van der Waals surface area contributed by atoms with Crippen molar-refractivity contribution in [2.75, 3.05) is 41.8 Å². The van der Waals surface area contributed by atoms with Crippen LogP contribution in [-0.4, -0.2) is 52.4 Å². The highest BCUT2D eigenvalue weighted by Gasteiger charge is 2.29. The summed E-state index contributed by atoms with van der Waals surface area (Å²) in [5, 5.41) is 14.0. The van der Waals surface area contributed by atoms with E-state index in [1.807, 2.05) is 43.3 Å². The molecule has 0 spiro atoms. The summed E-state index contributed by atoms with van der Waals surface area (Å²) in [5.74, 6) is 2.54. The first-order valence-electron chi connectivity index (χ1n) is 10.7. The third-order valence-corrected chi connectivity index (χ3v) is 6.14. The Bertz CT molecular complexity index is 1090. The number of nitrogens with zero attached hydrogens (tertiary/aromatic N) is 4. The maximum absolute atomic E-state index is 12.0. The minimum absolute atomic E-state index is 0. The average molecular weight is 468 g/mol. The second-order valence-electron chi connectivity index (χ2n) is 7.94. The van der Waals surface area contributed by atoms with Gasteiger partial charge in [0.25, 0.3) is 0 Å². The van der Waals surface area contributed by atoms with Crippen LogP contribution < -0.4 is 15.5 Å². The molecule has 2 fully saturated rings. The largest absolute Gasteiger partial charge is 0.378 e. The Balaban J connectivity index is 0.00000259. The number of aryl methyl sites for hydroxylation is 1. The first-order valence-corrected chi connectivity index (χ1v) is 11.5. The molecule has 1 aromatic carbocycles. The van der Waals surface area contributed by atoms with Crippen molar-refractivity contribution >= 4 is 40.8 Å². The maximum atomic E-state index is 12.0. The summed E-state index contributed by atoms with van der Waals surface area (Å²) in [4.78, 5) is 24.6. The Morgan fingerprint density at radius 2 is 1.88 bits per heavy atom. The first-order chi connectivity index (χ1) is 15.6. The van der Waals surface area contributed by atoms with E-state index in [4.69, 9.17) is 9.72 Å². The SMILES string of the molecule is C.Cc1cc(Nc2cc(N3CCOCC3)nc(Sc3ccc(NC(=O)C4CC4)cc3)n2)n[nH]1. The van der Waals surface area contributed by atoms with E-state index >= 15 is 0 Å². The molecule has 174 valence electrons. The highest BCUT2D eigenvalue weighted by atomic mass is 32.2. The van der Waals surface area contributed by atoms with Gasteiger partial charge >= 0.3 is 0 Å². The standard InChI is InChI=1S/C22H25N7O2S.CH4/c1-14-12-19(28-27-14)24-18-13-20(29-8-10-31-11-9-29)26-22(25-18)32-17-6-4-16(5-7-17)23-21(30)15-2-3-15;/h4-7,12-13,15H,2-3,8-11H2,1H3,(H,23,30)(H2,24,25,26,27,28);1H4. The third-order valence-electron chi connectivity index (χ3n) is 5.27. The van der Waals surface area contributed by atoms with Crippen LogP contribution in [0.3, 0.4) is 0 Å². The highest BCUT2D eigenvalue weighted by molar-refractivity contribution is 7.99. The van der Waals surface area contributed by atoms with Crippen LogP contribution in [0.2, 0.25) is 0 Å². The lowest BCUT2D eigenvalue weighted by Gasteiger charge is -2.28. The summed E-state index contributed by atoms with van der Waals surface area (Å²) in [7, 11) is 0. The molecule has 3 N–H and O–H groups in total. The third kappa shape index (κ3) is 6.02. The smallest absolute Gasteiger partial charge is 0.227 e. The van der Waals surface area contributed by atoms with E-state index < -0.39 is 0 Å². The Hall–Kier alpha value is -3.11. The van der Waals surface area contributed by atoms with Gasteiger partial charge in [-0.2, -0.15) is 5.10 Å². The Labute approximate surface area is 197 Å². The monoisotopic (exact) mass is 467 g/mol. The van der Waals surface area contributed by atoms with Crippen molar-refractivity contribution in [2.45, 2.75) is 37.2 Å². The molecule has 0 unspecified atom stereocenters. The van der Waals surface area contributed by atoms with Crippen LogP contribution in [0.1, 0.15) is 26.0 Å². The van der Waals surface area contributed by atoms with Gasteiger partial charge in [-0.1, -0.05) is 7.43 Å². The minimum Gasteiger partial charge on any atom is -0.378 e. The van der Waals surface area contributed by atoms with Gasteiger partial charge in [0, 0.05) is 47.4 Å². The Kier molecular flexibility index (Phi) is 7.14. The van der Waals surface area contributed by atoms with E-state index in [2.05, 4.69) is 30.7 Å². The number of H-pyrrole nitrogens is 1. The topological polar surface area (TPSA) is 108 Å². The molecule has 3 heterocycles. The van der Waals surface area contributed by atoms with Gasteiger partial charge in [0.15, 0.2) is 11.0 Å². The van der Waals surface area contributed by atoms with Crippen molar-refractivity contribution in [3.05, 3.63) is 42.1 Å². The zero-order valence-corrected chi connectivity index (χ0v) is 18.6. The molecule has 2 aromatic heterocycles. The number of ether oxygens (including phenoxy) is 1. The molecule has 1 aliphatic carbocycles. The molecule has 0 bridgehead atoms. The maximum Gasteiger partial charge on any atom is 0.227 e. The second-order valence-corrected chi connectivity index (χ2v) is 8.99. The van der Waals surface area contributed by atoms with E-state index in [9.17, 15) is 4.79 Å². The number of carbonyl (C=O) groups is 1. The van der Waals surface area contributed by atoms with Gasteiger partial charge < -0.3 is 20.3 Å². The molecular formula is C23H29N7O2S. The summed E-state index contributed by atoms with van der Waals surface area (Å²) in [5.41, 5.74) is 1.78. The molecule has 1 aliphatic heterocycles. The summed E-state index contributed by atoms with van der Waals surface area (Å²) in [6.45, 7) is 4.90. The minimum atomic E-state index is 0. The number of carbonyl (C=O) groups excluding carboxylic acids is 1. The zero-order valence-electron chi connectivity index (χ0n) is 17.8. The first kappa shape index (κ1) is 23.1. The predicted molar refractivity (Wildman–Crippen MR) is 130 cm³/mol. The van der Waals surface area contributed by atoms with Gasteiger partial charge in [0.05, 0.1) is 13.2 Å². The quantitative estimate of drug-likeness (QED) is 0.443. The molecule has 3 aromatic rings. The van der Waals surface area contributed by atoms with Gasteiger partial charge in [-0.25, -0.2) is 9.97 Å². The van der Waals surface area contributed by atoms with Gasteiger partial charge in [0.2, 0.25) is 5.91 Å². The van der Waals surface area contributed by atoms with E-state index in [0.29, 0.717) is 30.0 Å². The number of benzene rings is 1. The Morgan fingerprint density at radius 3 is 2.55 bits per heavy atom. The lowest BCUT2D eigenvalue weighted by molar-refractivity contribution is -0.117. The van der Waals surface area contributed by atoms with Crippen LogP contribution in [0.25, 0.3) is 0 Å². The number of amides is 1. The molecule has 1 saturated carbocycles. The molecular weight excluding hydrogens is 438 g/mol. The number of aromatic amines is 1. The summed E-state index contributed by atoms with van der Waals surface area (Å²) in [6.07, 6.45) is 1.98. The molecule has 33 heavy (non-hydrogen) atoms. The average Bonchev–Trinajstić information content (AvgIpc) is 3.58. The fourth-order valence-corrected chi connectivity index (χ4v) is 4.16. The van der Waals surface area contributed by atoms with Crippen molar-refractivity contribution in [2.24, 2.45) is 5.92 Å². The second kappa shape index (κ2) is 10.2. The fourth-order valence-electron chi connectivity index (χ4n) is 3.39. The number of hydrogen-bond donors (Lipinski definition) is 3. The van der Waals surface area contributed by atoms with Crippen LogP contribution >= 0.6 is 11.8 Å². The van der Waals surface area contributed by atoms with Gasteiger partial charge in [0.1, 0.15) is 11.6 Å². The lowest BCUT2D eigenvalue weighted by Crippen LogP contribution is -2.36. The fraction of sp³-hybridized carbons (Fsp3) is 0.391. The normalized spacial score (nSPS) is 15.6. The molecule has 5 rings (SSSR count). The van der Waals surface area contributed by atoms with Crippen molar-refractivity contribution in [3.63, 3.8) is 0 Å². The molecule has 9 nitrogen and oxygen atoms in total. The van der Waals surface area contributed by atoms with E-state index in [-0.39, 0.29) is 19.3 Å². The van der Waals surface area contributed by atoms with Crippen LogP contribution in [0.4, 0.5) is 23.1 Å². The van der Waals surface area contributed by atoms with E-state index in [0.717, 1.165) is 48.0 Å². The van der Waals surface area contributed by atoms with E-state index in [1.165, 1.54) is 11.8 Å². The lowest BCUT2D eigenvalue weighted by atomic mass is 10.3. The zero-order chi connectivity index (χ0) is 21.9. The predicted octanol–water partition coefficient (Wildman–Crippen LogP) is 4.22. The van der Waals surface area contributed by atoms with Crippen molar-refractivity contribution in [1.82, 2.24) is 20.2 Å². The van der Waals surface area contributed by atoms with Crippen molar-refractivity contribution in [1.29, 1.82) is 0 Å². The highest BCUT2D eigenvalue weighted by Crippen LogP contribution is 2.32. The van der Waals surface area contributed by atoms with Gasteiger partial charge in [-0.05, 0) is 55.8 Å². The molecule has 10 heteroatoms. The molecule has 1 saturated heterocycles. The number of aromatic nitrogens is 4. The van der Waals surface area contributed by atoms with Crippen LogP contribution in [0.15, 0.2) is 46.5 Å². The molecule has 1 amide bonds. The van der Waals surface area contributed by atoms with Crippen molar-refractivity contribution < 1.29 is 9.53 Å². The summed E-state index contributed by atoms with van der Waals surface area (Å²) in [6, 6.07) is 11.7. The van der Waals surface area contributed by atoms with Crippen molar-refractivity contribution in [3.8, 4) is 0 Å². The number of morpholine rings is 1. The number of rotatable bonds is 7. The van der Waals surface area contributed by atoms with Gasteiger partial charge in [-0.15, -0.1) is 0 Å². The molecule has 2 aliphatic rings. The molecule has 0 atom stereocenters. The summed E-state index contributed by atoms with van der Waals surface area (Å²) >= 11 is 1.48. The van der Waals surface area contributed by atoms with Crippen LogP contribution in [-0.2, 0) is 9.53 Å². The number of hydrogen-bond acceptors (Lipinski definition) is 8. The van der Waals surface area contributed by atoms with Crippen LogP contribution in [0.5, 0.6) is 0 Å². The number of nitrogens with one attached hydrogen (secondary N) is 3. The van der Waals surface area contributed by atoms with Crippen LogP contribution in [0, 0.1) is 12.8 Å². The Morgan fingerprint density at radius 1 is 1.12 bits per heavy atom. The molecule has 0 radical (unpaired) electrons. The van der Waals surface area contributed by atoms with Gasteiger partial charge in [-0.3, -0.25) is 9.89 Å². The summed E-state index contributed by atoms with van der Waals surface area (Å²) < 4.78 is 5.48.